The van der Waals surface area contributed by atoms with Crippen LogP contribution in [-0.4, -0.2) is 36.4 Å². The standard InChI is InChI=1S/C18H25F2N5O3.HI/c1-5-26-12(3)16-24-15(28-25-16)10-23-18(21-4)22-9-13-8-11(2)6-7-14(13)27-17(19)20;/h6-8,12,17H,5,9-10H2,1-4H3,(H2,21,22,23);1H. The summed E-state index contributed by atoms with van der Waals surface area (Å²) in [5, 5.41) is 9.96. The monoisotopic (exact) mass is 525 g/mol. The predicted molar refractivity (Wildman–Crippen MR) is 115 cm³/mol. The van der Waals surface area contributed by atoms with Gasteiger partial charge in [-0.3, -0.25) is 4.99 Å². The number of alkyl halides is 2. The van der Waals surface area contributed by atoms with Crippen LogP contribution < -0.4 is 15.4 Å². The zero-order valence-electron chi connectivity index (χ0n) is 16.7. The molecule has 2 aromatic rings. The van der Waals surface area contributed by atoms with Crippen LogP contribution in [0.4, 0.5) is 8.78 Å². The largest absolute Gasteiger partial charge is 0.434 e. The highest BCUT2D eigenvalue weighted by Gasteiger charge is 2.14. The third kappa shape index (κ3) is 8.09. The molecule has 0 aliphatic rings. The van der Waals surface area contributed by atoms with E-state index in [0.717, 1.165) is 5.56 Å². The fraction of sp³-hybridized carbons (Fsp3) is 0.500. The third-order valence-corrected chi connectivity index (χ3v) is 3.77. The Morgan fingerprint density at radius 3 is 2.66 bits per heavy atom. The molecule has 1 aromatic carbocycles. The summed E-state index contributed by atoms with van der Waals surface area (Å²) >= 11 is 0. The van der Waals surface area contributed by atoms with Crippen LogP contribution in [0.5, 0.6) is 5.75 Å². The van der Waals surface area contributed by atoms with E-state index in [1.165, 1.54) is 6.07 Å². The molecular formula is C18H26F2IN5O3. The van der Waals surface area contributed by atoms with E-state index in [9.17, 15) is 8.78 Å². The van der Waals surface area contributed by atoms with Gasteiger partial charge in [-0.15, -0.1) is 24.0 Å². The molecular weight excluding hydrogens is 499 g/mol. The summed E-state index contributed by atoms with van der Waals surface area (Å²) in [7, 11) is 1.60. The minimum Gasteiger partial charge on any atom is -0.434 e. The number of aryl methyl sites for hydroxylation is 1. The van der Waals surface area contributed by atoms with Gasteiger partial charge in [0.2, 0.25) is 5.89 Å². The lowest BCUT2D eigenvalue weighted by atomic mass is 10.1. The van der Waals surface area contributed by atoms with Gasteiger partial charge >= 0.3 is 6.61 Å². The molecule has 0 aliphatic heterocycles. The van der Waals surface area contributed by atoms with Gasteiger partial charge in [0.1, 0.15) is 11.9 Å². The molecule has 0 aliphatic carbocycles. The normalized spacial score (nSPS) is 12.4. The zero-order valence-corrected chi connectivity index (χ0v) is 19.1. The second kappa shape index (κ2) is 12.5. The SMILES string of the molecule is CCOC(C)c1noc(CNC(=NC)NCc2cc(C)ccc2OC(F)F)n1.I. The van der Waals surface area contributed by atoms with E-state index < -0.39 is 6.61 Å². The van der Waals surface area contributed by atoms with E-state index in [2.05, 4.69) is 30.5 Å². The van der Waals surface area contributed by atoms with Gasteiger partial charge in [-0.2, -0.15) is 13.8 Å². The van der Waals surface area contributed by atoms with Crippen LogP contribution in [-0.2, 0) is 17.8 Å². The molecule has 1 heterocycles. The maximum atomic E-state index is 12.6. The number of nitrogens with zero attached hydrogens (tertiary/aromatic N) is 3. The van der Waals surface area contributed by atoms with Crippen LogP contribution >= 0.6 is 24.0 Å². The summed E-state index contributed by atoms with van der Waals surface area (Å²) in [6.07, 6.45) is -0.255. The van der Waals surface area contributed by atoms with Crippen LogP contribution in [0.15, 0.2) is 27.7 Å². The molecule has 0 saturated heterocycles. The van der Waals surface area contributed by atoms with E-state index in [1.54, 1.807) is 19.2 Å². The minimum absolute atomic E-state index is 0. The molecule has 29 heavy (non-hydrogen) atoms. The van der Waals surface area contributed by atoms with Crippen LogP contribution in [0.25, 0.3) is 0 Å². The first kappa shape index (κ1) is 25.0. The molecule has 1 unspecified atom stereocenters. The van der Waals surface area contributed by atoms with Gasteiger partial charge in [0.25, 0.3) is 0 Å². The average molecular weight is 525 g/mol. The molecule has 2 rings (SSSR count). The molecule has 0 bridgehead atoms. The van der Waals surface area contributed by atoms with E-state index >= 15 is 0 Å². The van der Waals surface area contributed by atoms with Crippen LogP contribution in [0.3, 0.4) is 0 Å². The molecule has 2 N–H and O–H groups in total. The zero-order chi connectivity index (χ0) is 20.5. The predicted octanol–water partition coefficient (Wildman–Crippen LogP) is 3.56. The summed E-state index contributed by atoms with van der Waals surface area (Å²) in [6.45, 7) is 3.77. The molecule has 0 fully saturated rings. The number of ether oxygens (including phenoxy) is 2. The van der Waals surface area contributed by atoms with Gasteiger partial charge in [0.15, 0.2) is 11.8 Å². The Hall–Kier alpha value is -2.02. The molecule has 11 heteroatoms. The molecule has 0 amide bonds. The number of hydrogen-bond acceptors (Lipinski definition) is 6. The van der Waals surface area contributed by atoms with Crippen molar-refractivity contribution < 1.29 is 22.8 Å². The number of rotatable bonds is 9. The third-order valence-electron chi connectivity index (χ3n) is 3.77. The Morgan fingerprint density at radius 2 is 2.00 bits per heavy atom. The lowest BCUT2D eigenvalue weighted by Gasteiger charge is -2.14. The fourth-order valence-corrected chi connectivity index (χ4v) is 2.45. The highest BCUT2D eigenvalue weighted by molar-refractivity contribution is 14.0. The maximum absolute atomic E-state index is 12.6. The quantitative estimate of drug-likeness (QED) is 0.294. The van der Waals surface area contributed by atoms with Crippen molar-refractivity contribution in [2.45, 2.75) is 46.6 Å². The fourth-order valence-electron chi connectivity index (χ4n) is 2.45. The van der Waals surface area contributed by atoms with Gasteiger partial charge in [-0.25, -0.2) is 0 Å². The minimum atomic E-state index is -2.88. The van der Waals surface area contributed by atoms with Crippen LogP contribution in [0, 0.1) is 6.92 Å². The summed E-state index contributed by atoms with van der Waals surface area (Å²) < 4.78 is 40.3. The average Bonchev–Trinajstić information content (AvgIpc) is 3.13. The van der Waals surface area contributed by atoms with Crippen LogP contribution in [0.2, 0.25) is 0 Å². The summed E-state index contributed by atoms with van der Waals surface area (Å²) in [4.78, 5) is 8.35. The van der Waals surface area contributed by atoms with Crippen molar-refractivity contribution in [3.63, 3.8) is 0 Å². The summed E-state index contributed by atoms with van der Waals surface area (Å²) in [5.41, 5.74) is 1.53. The van der Waals surface area contributed by atoms with Gasteiger partial charge in [0, 0.05) is 25.8 Å². The van der Waals surface area contributed by atoms with Crippen LogP contribution in [0.1, 0.15) is 42.8 Å². The van der Waals surface area contributed by atoms with Crippen molar-refractivity contribution in [1.29, 1.82) is 0 Å². The van der Waals surface area contributed by atoms with Gasteiger partial charge in [-0.1, -0.05) is 22.9 Å². The molecule has 0 spiro atoms. The van der Waals surface area contributed by atoms with E-state index in [4.69, 9.17) is 9.26 Å². The first-order chi connectivity index (χ1) is 13.4. The number of aromatic nitrogens is 2. The number of benzene rings is 1. The molecule has 0 saturated carbocycles. The Bertz CT molecular complexity index is 789. The van der Waals surface area contributed by atoms with Gasteiger partial charge < -0.3 is 24.6 Å². The molecule has 8 nitrogen and oxygen atoms in total. The summed E-state index contributed by atoms with van der Waals surface area (Å²) in [5.74, 6) is 1.41. The topological polar surface area (TPSA) is 93.8 Å². The van der Waals surface area contributed by atoms with Crippen molar-refractivity contribution in [1.82, 2.24) is 20.8 Å². The Labute approximate surface area is 185 Å². The Balaban J connectivity index is 0.00000420. The van der Waals surface area contributed by atoms with Gasteiger partial charge in [-0.05, 0) is 26.8 Å². The van der Waals surface area contributed by atoms with Crippen molar-refractivity contribution >= 4 is 29.9 Å². The number of halogens is 3. The lowest BCUT2D eigenvalue weighted by molar-refractivity contribution is -0.0504. The Kier molecular flexibility index (Phi) is 10.8. The molecule has 162 valence electrons. The number of aliphatic imine (C=N–C) groups is 1. The smallest absolute Gasteiger partial charge is 0.387 e. The Morgan fingerprint density at radius 1 is 1.28 bits per heavy atom. The van der Waals surface area contributed by atoms with Crippen molar-refractivity contribution in [2.24, 2.45) is 4.99 Å². The second-order valence-corrected chi connectivity index (χ2v) is 5.91. The van der Waals surface area contributed by atoms with Crippen molar-refractivity contribution in [3.05, 3.63) is 41.0 Å². The van der Waals surface area contributed by atoms with Crippen molar-refractivity contribution in [3.8, 4) is 5.75 Å². The van der Waals surface area contributed by atoms with E-state index in [0.29, 0.717) is 29.8 Å². The lowest BCUT2D eigenvalue weighted by Crippen LogP contribution is -2.36. The van der Waals surface area contributed by atoms with E-state index in [-0.39, 0.29) is 48.9 Å². The molecule has 1 atom stereocenters. The van der Waals surface area contributed by atoms with Crippen molar-refractivity contribution in [2.75, 3.05) is 13.7 Å². The number of hydrogen-bond donors (Lipinski definition) is 2. The first-order valence-electron chi connectivity index (χ1n) is 8.85. The highest BCUT2D eigenvalue weighted by Crippen LogP contribution is 2.22. The second-order valence-electron chi connectivity index (χ2n) is 5.91. The number of guanidine groups is 1. The molecule has 0 radical (unpaired) electrons. The maximum Gasteiger partial charge on any atom is 0.387 e. The van der Waals surface area contributed by atoms with E-state index in [1.807, 2.05) is 20.8 Å². The highest BCUT2D eigenvalue weighted by atomic mass is 127. The first-order valence-corrected chi connectivity index (χ1v) is 8.85. The molecule has 1 aromatic heterocycles. The number of nitrogens with one attached hydrogen (secondary N) is 2. The van der Waals surface area contributed by atoms with Gasteiger partial charge in [0.05, 0.1) is 6.54 Å². The summed E-state index contributed by atoms with van der Waals surface area (Å²) in [6, 6.07) is 5.01.